The zero-order valence-corrected chi connectivity index (χ0v) is 14.5. The van der Waals surface area contributed by atoms with Crippen LogP contribution >= 0.6 is 11.6 Å². The van der Waals surface area contributed by atoms with E-state index in [0.717, 1.165) is 11.1 Å². The molecule has 1 heterocycles. The Morgan fingerprint density at radius 3 is 2.65 bits per heavy atom. The summed E-state index contributed by atoms with van der Waals surface area (Å²) in [7, 11) is 0. The van der Waals surface area contributed by atoms with E-state index < -0.39 is 0 Å². The quantitative estimate of drug-likeness (QED) is 0.820. The number of aryl methyl sites for hydroxylation is 1. The molecule has 0 aliphatic carbocycles. The summed E-state index contributed by atoms with van der Waals surface area (Å²) in [6, 6.07) is 5.24. The van der Waals surface area contributed by atoms with Gasteiger partial charge in [-0.3, -0.25) is 4.79 Å². The molecule has 0 spiro atoms. The lowest BCUT2D eigenvalue weighted by molar-refractivity contribution is -0.116. The van der Waals surface area contributed by atoms with Gasteiger partial charge in [0.05, 0.1) is 11.4 Å². The van der Waals surface area contributed by atoms with Gasteiger partial charge in [0.2, 0.25) is 11.1 Å². The minimum atomic E-state index is -0.206. The molecule has 2 rings (SSSR count). The highest BCUT2D eigenvalue weighted by atomic mass is 35.5. The Hall–Kier alpha value is -2.01. The van der Waals surface area contributed by atoms with Gasteiger partial charge in [0.15, 0.2) is 0 Å². The predicted molar refractivity (Wildman–Crippen MR) is 90.0 cm³/mol. The molecule has 23 heavy (non-hydrogen) atoms. The molecule has 1 aromatic heterocycles. The standard InChI is InChI=1S/C17H21ClN2O3/c1-10-12(16(18)23-20-10)6-8-15(22)19-13-9-11(17(2,3)4)5-7-14(13)21/h5,7,9,21H,6,8H2,1-4H3,(H,19,22). The molecule has 0 bridgehead atoms. The Morgan fingerprint density at radius 2 is 2.09 bits per heavy atom. The second kappa shape index (κ2) is 6.62. The normalized spacial score (nSPS) is 11.5. The molecule has 0 unspecified atom stereocenters. The third-order valence-corrected chi connectivity index (χ3v) is 3.97. The van der Waals surface area contributed by atoms with Crippen molar-refractivity contribution in [1.29, 1.82) is 0 Å². The van der Waals surface area contributed by atoms with Gasteiger partial charge < -0.3 is 14.9 Å². The molecule has 0 fully saturated rings. The molecule has 2 aromatic rings. The monoisotopic (exact) mass is 336 g/mol. The molecule has 0 saturated heterocycles. The number of nitrogens with one attached hydrogen (secondary N) is 1. The summed E-state index contributed by atoms with van der Waals surface area (Å²) in [5.41, 5.74) is 2.79. The van der Waals surface area contributed by atoms with Gasteiger partial charge in [-0.05, 0) is 48.1 Å². The maximum absolute atomic E-state index is 12.1. The van der Waals surface area contributed by atoms with Gasteiger partial charge in [0.25, 0.3) is 0 Å². The number of phenolic OH excluding ortho intramolecular Hbond substituents is 1. The van der Waals surface area contributed by atoms with E-state index in [0.29, 0.717) is 17.8 Å². The van der Waals surface area contributed by atoms with Crippen molar-refractivity contribution in [1.82, 2.24) is 5.16 Å². The molecule has 2 N–H and O–H groups in total. The first-order valence-electron chi connectivity index (χ1n) is 7.42. The molecule has 0 saturated carbocycles. The fraction of sp³-hybridized carbons (Fsp3) is 0.412. The second-order valence-corrected chi connectivity index (χ2v) is 6.89. The van der Waals surface area contributed by atoms with E-state index in [9.17, 15) is 9.90 Å². The SMILES string of the molecule is Cc1noc(Cl)c1CCC(=O)Nc1cc(C(C)(C)C)ccc1O. The lowest BCUT2D eigenvalue weighted by Gasteiger charge is -2.20. The van der Waals surface area contributed by atoms with Gasteiger partial charge in [0, 0.05) is 12.0 Å². The average molecular weight is 337 g/mol. The van der Waals surface area contributed by atoms with Crippen molar-refractivity contribution >= 4 is 23.2 Å². The number of benzene rings is 1. The van der Waals surface area contributed by atoms with Gasteiger partial charge in [-0.25, -0.2) is 0 Å². The molecular weight excluding hydrogens is 316 g/mol. The maximum Gasteiger partial charge on any atom is 0.229 e. The number of halogens is 1. The van der Waals surface area contributed by atoms with Gasteiger partial charge in [-0.15, -0.1) is 0 Å². The zero-order chi connectivity index (χ0) is 17.2. The Bertz CT molecular complexity index is 698. The van der Waals surface area contributed by atoms with Crippen molar-refractivity contribution in [3.63, 3.8) is 0 Å². The third-order valence-electron chi connectivity index (χ3n) is 3.68. The summed E-state index contributed by atoms with van der Waals surface area (Å²) in [6.07, 6.45) is 0.653. The molecule has 6 heteroatoms. The molecule has 0 aliphatic rings. The lowest BCUT2D eigenvalue weighted by Crippen LogP contribution is -2.15. The molecule has 1 amide bonds. The number of carbonyl (C=O) groups excluding carboxylic acids is 1. The number of aromatic nitrogens is 1. The lowest BCUT2D eigenvalue weighted by atomic mass is 9.87. The fourth-order valence-electron chi connectivity index (χ4n) is 2.19. The number of hydrogen-bond donors (Lipinski definition) is 2. The first-order valence-corrected chi connectivity index (χ1v) is 7.80. The first-order chi connectivity index (χ1) is 10.7. The van der Waals surface area contributed by atoms with E-state index >= 15 is 0 Å². The summed E-state index contributed by atoms with van der Waals surface area (Å²) in [4.78, 5) is 12.1. The molecule has 0 radical (unpaired) electrons. The van der Waals surface area contributed by atoms with E-state index in [-0.39, 0.29) is 28.7 Å². The van der Waals surface area contributed by atoms with E-state index in [1.54, 1.807) is 19.1 Å². The molecule has 1 aromatic carbocycles. The van der Waals surface area contributed by atoms with Gasteiger partial charge in [-0.1, -0.05) is 32.0 Å². The molecule has 124 valence electrons. The Morgan fingerprint density at radius 1 is 1.39 bits per heavy atom. The maximum atomic E-state index is 12.1. The van der Waals surface area contributed by atoms with Crippen LogP contribution in [0.2, 0.25) is 5.22 Å². The van der Waals surface area contributed by atoms with Crippen LogP contribution in [0.4, 0.5) is 5.69 Å². The summed E-state index contributed by atoms with van der Waals surface area (Å²) in [5.74, 6) is -0.159. The van der Waals surface area contributed by atoms with Crippen LogP contribution in [0, 0.1) is 6.92 Å². The number of aromatic hydroxyl groups is 1. The van der Waals surface area contributed by atoms with Crippen LogP contribution in [0.15, 0.2) is 22.7 Å². The highest BCUT2D eigenvalue weighted by Crippen LogP contribution is 2.31. The van der Waals surface area contributed by atoms with Crippen LogP contribution in [-0.4, -0.2) is 16.2 Å². The average Bonchev–Trinajstić information content (AvgIpc) is 2.77. The smallest absolute Gasteiger partial charge is 0.229 e. The molecular formula is C17H21ClN2O3. The van der Waals surface area contributed by atoms with E-state index in [2.05, 4.69) is 31.2 Å². The topological polar surface area (TPSA) is 75.4 Å². The number of carbonyl (C=O) groups is 1. The minimum Gasteiger partial charge on any atom is -0.506 e. The van der Waals surface area contributed by atoms with Crippen LogP contribution in [-0.2, 0) is 16.6 Å². The Kier molecular flexibility index (Phi) is 5.00. The van der Waals surface area contributed by atoms with Crippen molar-refractivity contribution in [2.75, 3.05) is 5.32 Å². The highest BCUT2D eigenvalue weighted by molar-refractivity contribution is 6.29. The Labute approximate surface area is 140 Å². The summed E-state index contributed by atoms with van der Waals surface area (Å²) < 4.78 is 4.86. The van der Waals surface area contributed by atoms with Gasteiger partial charge in [0.1, 0.15) is 5.75 Å². The number of rotatable bonds is 4. The van der Waals surface area contributed by atoms with Crippen molar-refractivity contribution in [2.45, 2.75) is 46.0 Å². The van der Waals surface area contributed by atoms with Crippen LogP contribution < -0.4 is 5.32 Å². The first kappa shape index (κ1) is 17.3. The third kappa shape index (κ3) is 4.26. The number of hydrogen-bond acceptors (Lipinski definition) is 4. The zero-order valence-electron chi connectivity index (χ0n) is 13.7. The van der Waals surface area contributed by atoms with Crippen LogP contribution in [0.25, 0.3) is 0 Å². The van der Waals surface area contributed by atoms with E-state index in [1.165, 1.54) is 0 Å². The molecule has 0 atom stereocenters. The second-order valence-electron chi connectivity index (χ2n) is 6.55. The highest BCUT2D eigenvalue weighted by Gasteiger charge is 2.17. The number of phenols is 1. The predicted octanol–water partition coefficient (Wildman–Crippen LogP) is 4.21. The summed E-state index contributed by atoms with van der Waals surface area (Å²) in [6.45, 7) is 7.99. The molecule has 5 nitrogen and oxygen atoms in total. The largest absolute Gasteiger partial charge is 0.506 e. The minimum absolute atomic E-state index is 0.0468. The van der Waals surface area contributed by atoms with Crippen LogP contribution in [0.1, 0.15) is 44.0 Å². The van der Waals surface area contributed by atoms with Crippen LogP contribution in [0.3, 0.4) is 0 Å². The number of anilines is 1. The van der Waals surface area contributed by atoms with Crippen molar-refractivity contribution in [2.24, 2.45) is 0 Å². The number of nitrogens with zero attached hydrogens (tertiary/aromatic N) is 1. The Balaban J connectivity index is 2.06. The fourth-order valence-corrected chi connectivity index (χ4v) is 2.46. The van der Waals surface area contributed by atoms with Crippen molar-refractivity contribution in [3.8, 4) is 5.75 Å². The van der Waals surface area contributed by atoms with Crippen molar-refractivity contribution in [3.05, 3.63) is 40.2 Å². The van der Waals surface area contributed by atoms with Crippen LogP contribution in [0.5, 0.6) is 5.75 Å². The number of amides is 1. The van der Waals surface area contributed by atoms with E-state index in [4.69, 9.17) is 16.1 Å². The summed E-state index contributed by atoms with van der Waals surface area (Å²) >= 11 is 5.88. The molecule has 0 aliphatic heterocycles. The van der Waals surface area contributed by atoms with Gasteiger partial charge >= 0.3 is 0 Å². The summed E-state index contributed by atoms with van der Waals surface area (Å²) in [5, 5.41) is 16.6. The van der Waals surface area contributed by atoms with E-state index in [1.807, 2.05) is 6.07 Å². The van der Waals surface area contributed by atoms with Gasteiger partial charge in [-0.2, -0.15) is 0 Å². The van der Waals surface area contributed by atoms with Crippen molar-refractivity contribution < 1.29 is 14.4 Å².